The number of likely N-dealkylation sites (tertiary alicyclic amines) is 1. The van der Waals surface area contributed by atoms with E-state index in [9.17, 15) is 0 Å². The number of benzene rings is 1. The highest BCUT2D eigenvalue weighted by molar-refractivity contribution is 5.78. The quantitative estimate of drug-likeness (QED) is 0.549. The fourth-order valence-electron chi connectivity index (χ4n) is 4.35. The zero-order valence-electron chi connectivity index (χ0n) is 19.3. The zero-order valence-corrected chi connectivity index (χ0v) is 19.3. The van der Waals surface area contributed by atoms with Crippen LogP contribution < -0.4 is 14.4 Å². The van der Waals surface area contributed by atoms with Crippen molar-refractivity contribution in [2.75, 3.05) is 39.8 Å². The lowest BCUT2D eigenvalue weighted by Crippen LogP contribution is -2.34. The number of aromatic nitrogens is 3. The van der Waals surface area contributed by atoms with E-state index < -0.39 is 0 Å². The summed E-state index contributed by atoms with van der Waals surface area (Å²) in [7, 11) is 7.30. The van der Waals surface area contributed by atoms with Crippen molar-refractivity contribution in [3.63, 3.8) is 0 Å². The van der Waals surface area contributed by atoms with Gasteiger partial charge in [0.2, 0.25) is 5.95 Å². The maximum atomic E-state index is 5.72. The van der Waals surface area contributed by atoms with Crippen molar-refractivity contribution in [2.24, 2.45) is 0 Å². The van der Waals surface area contributed by atoms with Crippen LogP contribution in [0, 0.1) is 0 Å². The Labute approximate surface area is 190 Å². The highest BCUT2D eigenvalue weighted by atomic mass is 16.5. The molecule has 3 heterocycles. The predicted molar refractivity (Wildman–Crippen MR) is 126 cm³/mol. The van der Waals surface area contributed by atoms with Gasteiger partial charge in [-0.15, -0.1) is 0 Å². The Hall–Kier alpha value is -3.19. The van der Waals surface area contributed by atoms with Crippen LogP contribution in [-0.4, -0.2) is 54.7 Å². The Morgan fingerprint density at radius 3 is 2.44 bits per heavy atom. The number of methoxy groups -OCH3 is 2. The van der Waals surface area contributed by atoms with E-state index in [1.807, 2.05) is 61.7 Å². The van der Waals surface area contributed by atoms with Gasteiger partial charge in [0.05, 0.1) is 37.2 Å². The number of nitrogens with zero attached hydrogens (tertiary/aromatic N) is 5. The Kier molecular flexibility index (Phi) is 6.85. The number of ether oxygens (including phenoxy) is 2. The summed E-state index contributed by atoms with van der Waals surface area (Å²) in [4.78, 5) is 18.7. The third-order valence-electron chi connectivity index (χ3n) is 5.92. The van der Waals surface area contributed by atoms with Crippen LogP contribution in [0.3, 0.4) is 0 Å². The number of hydrogen-bond acceptors (Lipinski definition) is 7. The molecule has 0 amide bonds. The smallest absolute Gasteiger partial charge is 0.225 e. The van der Waals surface area contributed by atoms with Gasteiger partial charge < -0.3 is 14.4 Å². The maximum absolute atomic E-state index is 5.72. The SMILES string of the molecule is COc1cccc(OC)c1-c1cnc(N(C)C)nc1[C@@H]1CCCCN1Cc1ccccn1. The van der Waals surface area contributed by atoms with Crippen molar-refractivity contribution in [3.05, 3.63) is 60.2 Å². The van der Waals surface area contributed by atoms with Crippen molar-refractivity contribution >= 4 is 5.95 Å². The molecular weight excluding hydrogens is 402 g/mol. The topological polar surface area (TPSA) is 63.6 Å². The summed E-state index contributed by atoms with van der Waals surface area (Å²) < 4.78 is 11.4. The van der Waals surface area contributed by atoms with E-state index in [-0.39, 0.29) is 6.04 Å². The second-order valence-electron chi connectivity index (χ2n) is 8.20. The summed E-state index contributed by atoms with van der Waals surface area (Å²) in [6.07, 6.45) is 7.12. The Bertz CT molecular complexity index is 1020. The second-order valence-corrected chi connectivity index (χ2v) is 8.20. The Balaban J connectivity index is 1.84. The molecule has 0 aliphatic carbocycles. The molecule has 3 aromatic rings. The molecule has 7 nitrogen and oxygen atoms in total. The van der Waals surface area contributed by atoms with Crippen molar-refractivity contribution < 1.29 is 9.47 Å². The molecular formula is C25H31N5O2. The number of pyridine rings is 1. The molecule has 1 aliphatic heterocycles. The van der Waals surface area contributed by atoms with Gasteiger partial charge in [-0.3, -0.25) is 9.88 Å². The molecule has 0 saturated carbocycles. The van der Waals surface area contributed by atoms with Crippen molar-refractivity contribution in [1.82, 2.24) is 19.9 Å². The van der Waals surface area contributed by atoms with Gasteiger partial charge in [-0.1, -0.05) is 18.6 Å². The lowest BCUT2D eigenvalue weighted by atomic mass is 9.93. The second kappa shape index (κ2) is 9.96. The minimum atomic E-state index is 0.150. The van der Waals surface area contributed by atoms with Crippen LogP contribution in [0.1, 0.15) is 36.7 Å². The van der Waals surface area contributed by atoms with Crippen LogP contribution in [0.25, 0.3) is 11.1 Å². The lowest BCUT2D eigenvalue weighted by molar-refractivity contribution is 0.136. The average Bonchev–Trinajstić information content (AvgIpc) is 2.84. The summed E-state index contributed by atoms with van der Waals surface area (Å²) in [5.41, 5.74) is 3.91. The first kappa shape index (κ1) is 22.0. The number of hydrogen-bond donors (Lipinski definition) is 0. The molecule has 1 aliphatic rings. The van der Waals surface area contributed by atoms with E-state index in [2.05, 4.69) is 20.9 Å². The summed E-state index contributed by atoms with van der Waals surface area (Å²) in [5, 5.41) is 0. The van der Waals surface area contributed by atoms with Crippen LogP contribution in [-0.2, 0) is 6.54 Å². The van der Waals surface area contributed by atoms with Gasteiger partial charge in [0, 0.05) is 38.6 Å². The highest BCUT2D eigenvalue weighted by Crippen LogP contribution is 2.43. The van der Waals surface area contributed by atoms with Gasteiger partial charge in [-0.2, -0.15) is 0 Å². The molecule has 168 valence electrons. The normalized spacial score (nSPS) is 16.6. The molecule has 32 heavy (non-hydrogen) atoms. The Morgan fingerprint density at radius 1 is 1.00 bits per heavy atom. The van der Waals surface area contributed by atoms with Gasteiger partial charge in [0.25, 0.3) is 0 Å². The molecule has 2 aromatic heterocycles. The third-order valence-corrected chi connectivity index (χ3v) is 5.92. The van der Waals surface area contributed by atoms with Gasteiger partial charge >= 0.3 is 0 Å². The molecule has 0 N–H and O–H groups in total. The molecule has 1 fully saturated rings. The summed E-state index contributed by atoms with van der Waals surface area (Å²) >= 11 is 0. The average molecular weight is 434 g/mol. The maximum Gasteiger partial charge on any atom is 0.225 e. The van der Waals surface area contributed by atoms with Gasteiger partial charge in [-0.25, -0.2) is 9.97 Å². The molecule has 0 spiro atoms. The highest BCUT2D eigenvalue weighted by Gasteiger charge is 2.30. The Morgan fingerprint density at radius 2 is 1.78 bits per heavy atom. The predicted octanol–water partition coefficient (Wildman–Crippen LogP) is 4.35. The fraction of sp³-hybridized carbons (Fsp3) is 0.400. The van der Waals surface area contributed by atoms with Gasteiger partial charge in [0.15, 0.2) is 0 Å². The van der Waals surface area contributed by atoms with E-state index in [0.717, 1.165) is 59.9 Å². The molecule has 0 bridgehead atoms. The summed E-state index contributed by atoms with van der Waals surface area (Å²) in [6, 6.07) is 12.1. The summed E-state index contributed by atoms with van der Waals surface area (Å²) in [6.45, 7) is 1.79. The van der Waals surface area contributed by atoms with E-state index in [1.54, 1.807) is 14.2 Å². The number of rotatable bonds is 7. The van der Waals surface area contributed by atoms with E-state index in [1.165, 1.54) is 6.42 Å². The first-order valence-corrected chi connectivity index (χ1v) is 11.0. The molecule has 0 unspecified atom stereocenters. The molecule has 1 saturated heterocycles. The van der Waals surface area contributed by atoms with Crippen LogP contribution in [0.5, 0.6) is 11.5 Å². The van der Waals surface area contributed by atoms with Crippen LogP contribution in [0.4, 0.5) is 5.95 Å². The molecule has 7 heteroatoms. The molecule has 4 rings (SSSR count). The van der Waals surface area contributed by atoms with Gasteiger partial charge in [-0.05, 0) is 43.7 Å². The van der Waals surface area contributed by atoms with E-state index in [0.29, 0.717) is 5.95 Å². The van der Waals surface area contributed by atoms with Crippen LogP contribution >= 0.6 is 0 Å². The van der Waals surface area contributed by atoms with Crippen molar-refractivity contribution in [3.8, 4) is 22.6 Å². The first-order chi connectivity index (χ1) is 15.6. The van der Waals surface area contributed by atoms with Gasteiger partial charge in [0.1, 0.15) is 11.5 Å². The largest absolute Gasteiger partial charge is 0.496 e. The van der Waals surface area contributed by atoms with Crippen molar-refractivity contribution in [1.29, 1.82) is 0 Å². The third kappa shape index (κ3) is 4.53. The standard InChI is InChI=1S/C25H31N5O2/c1-29(2)25-27-16-19(23-21(31-3)12-9-13-22(23)32-4)24(28-25)20-11-6-8-15-30(20)17-18-10-5-7-14-26-18/h5,7,9-10,12-14,16,20H,6,8,11,15,17H2,1-4H3/t20-/m0/s1. The van der Waals surface area contributed by atoms with E-state index in [4.69, 9.17) is 14.5 Å². The number of anilines is 1. The number of piperidine rings is 1. The van der Waals surface area contributed by atoms with Crippen LogP contribution in [0.15, 0.2) is 48.8 Å². The zero-order chi connectivity index (χ0) is 22.5. The first-order valence-electron chi connectivity index (χ1n) is 11.0. The van der Waals surface area contributed by atoms with Crippen molar-refractivity contribution in [2.45, 2.75) is 31.8 Å². The van der Waals surface area contributed by atoms with Crippen LogP contribution in [0.2, 0.25) is 0 Å². The minimum Gasteiger partial charge on any atom is -0.496 e. The minimum absolute atomic E-state index is 0.150. The lowest BCUT2D eigenvalue weighted by Gasteiger charge is -2.36. The molecule has 1 atom stereocenters. The van der Waals surface area contributed by atoms with E-state index >= 15 is 0 Å². The molecule has 0 radical (unpaired) electrons. The fourth-order valence-corrected chi connectivity index (χ4v) is 4.35. The summed E-state index contributed by atoms with van der Waals surface area (Å²) in [5.74, 6) is 2.19. The molecule has 1 aromatic carbocycles. The monoisotopic (exact) mass is 433 g/mol.